The summed E-state index contributed by atoms with van der Waals surface area (Å²) in [6.07, 6.45) is 3.78. The van der Waals surface area contributed by atoms with Gasteiger partial charge in [-0.05, 0) is 32.3 Å². The number of aromatic nitrogens is 2. The number of likely N-dealkylation sites (tertiary alicyclic amines) is 1. The molecular formula is C18H24N4O. The predicted molar refractivity (Wildman–Crippen MR) is 90.6 cm³/mol. The van der Waals surface area contributed by atoms with Crippen LogP contribution < -0.4 is 5.73 Å². The molecule has 0 spiro atoms. The van der Waals surface area contributed by atoms with Gasteiger partial charge in [0.25, 0.3) is 0 Å². The number of H-pyrrole nitrogens is 1. The molecule has 5 nitrogen and oxygen atoms in total. The summed E-state index contributed by atoms with van der Waals surface area (Å²) in [6.45, 7) is 5.81. The molecule has 1 saturated heterocycles. The number of aryl methyl sites for hydroxylation is 1. The molecule has 1 aliphatic rings. The van der Waals surface area contributed by atoms with E-state index in [4.69, 9.17) is 5.73 Å². The van der Waals surface area contributed by atoms with Crippen molar-refractivity contribution < 1.29 is 4.79 Å². The highest BCUT2D eigenvalue weighted by Crippen LogP contribution is 2.27. The minimum atomic E-state index is -0.187. The lowest BCUT2D eigenvalue weighted by molar-refractivity contribution is -0.124. The molecule has 3 rings (SSSR count). The van der Waals surface area contributed by atoms with Gasteiger partial charge < -0.3 is 5.73 Å². The van der Waals surface area contributed by atoms with Gasteiger partial charge in [0.1, 0.15) is 0 Å². The minimum absolute atomic E-state index is 0.0408. The van der Waals surface area contributed by atoms with Gasteiger partial charge in [-0.15, -0.1) is 0 Å². The van der Waals surface area contributed by atoms with Crippen molar-refractivity contribution in [1.82, 2.24) is 15.1 Å². The Bertz CT molecular complexity index is 677. The van der Waals surface area contributed by atoms with Crippen LogP contribution >= 0.6 is 0 Å². The van der Waals surface area contributed by atoms with Gasteiger partial charge in [0.05, 0.1) is 17.8 Å². The highest BCUT2D eigenvalue weighted by Gasteiger charge is 2.29. The molecule has 0 radical (unpaired) electrons. The molecule has 1 aliphatic heterocycles. The van der Waals surface area contributed by atoms with Crippen LogP contribution in [0.15, 0.2) is 30.5 Å². The number of rotatable bonds is 4. The third kappa shape index (κ3) is 3.45. The summed E-state index contributed by atoms with van der Waals surface area (Å²) in [7, 11) is 0. The van der Waals surface area contributed by atoms with Gasteiger partial charge in [-0.25, -0.2) is 0 Å². The molecule has 23 heavy (non-hydrogen) atoms. The number of nitrogens with two attached hydrogens (primary N) is 1. The highest BCUT2D eigenvalue weighted by atomic mass is 16.1. The van der Waals surface area contributed by atoms with Crippen molar-refractivity contribution in [3.05, 3.63) is 41.6 Å². The number of primary amides is 1. The third-order valence-corrected chi connectivity index (χ3v) is 4.85. The van der Waals surface area contributed by atoms with Crippen molar-refractivity contribution in [2.45, 2.75) is 39.3 Å². The van der Waals surface area contributed by atoms with E-state index in [1.54, 1.807) is 0 Å². The number of carbonyl (C=O) groups is 1. The first-order valence-corrected chi connectivity index (χ1v) is 8.17. The fraction of sp³-hybridized carbons (Fsp3) is 0.444. The summed E-state index contributed by atoms with van der Waals surface area (Å²) in [5, 5.41) is 7.33. The first-order chi connectivity index (χ1) is 11.0. The first kappa shape index (κ1) is 15.7. The number of hydrogen-bond acceptors (Lipinski definition) is 3. The van der Waals surface area contributed by atoms with Crippen LogP contribution in [0.1, 0.15) is 30.9 Å². The zero-order chi connectivity index (χ0) is 16.4. The zero-order valence-electron chi connectivity index (χ0n) is 13.7. The summed E-state index contributed by atoms with van der Waals surface area (Å²) in [5.41, 5.74) is 10.1. The predicted octanol–water partition coefficient (Wildman–Crippen LogP) is 2.47. The third-order valence-electron chi connectivity index (χ3n) is 4.85. The molecule has 0 saturated carbocycles. The molecular weight excluding hydrogens is 288 g/mol. The highest BCUT2D eigenvalue weighted by molar-refractivity contribution is 5.77. The Morgan fingerprint density at radius 1 is 1.35 bits per heavy atom. The Balaban J connectivity index is 1.79. The maximum absolute atomic E-state index is 11.5. The number of hydrogen-bond donors (Lipinski definition) is 2. The molecule has 1 fully saturated rings. The van der Waals surface area contributed by atoms with E-state index >= 15 is 0 Å². The number of aromatic amines is 1. The van der Waals surface area contributed by atoms with Crippen LogP contribution in [0, 0.1) is 12.8 Å². The Morgan fingerprint density at radius 2 is 2.09 bits per heavy atom. The second-order valence-electron chi connectivity index (χ2n) is 6.59. The standard InChI is InChI=1S/C18H24N4O/c1-12-3-6-14(7-4-12)17-16(9-20-21-17)11-22-10-15(18(19)23)8-5-13(22)2/h3-4,6-7,9,13,15H,5,8,10-11H2,1-2H3,(H2,19,23)(H,20,21). The van der Waals surface area contributed by atoms with Crippen LogP contribution in [0.5, 0.6) is 0 Å². The summed E-state index contributed by atoms with van der Waals surface area (Å²) in [5.74, 6) is -0.228. The summed E-state index contributed by atoms with van der Waals surface area (Å²) < 4.78 is 0. The molecule has 3 N–H and O–H groups in total. The van der Waals surface area contributed by atoms with Crippen LogP contribution in [0.25, 0.3) is 11.3 Å². The van der Waals surface area contributed by atoms with Crippen molar-refractivity contribution >= 4 is 5.91 Å². The molecule has 0 bridgehead atoms. The van der Waals surface area contributed by atoms with Gasteiger partial charge in [0.2, 0.25) is 5.91 Å². The fourth-order valence-electron chi connectivity index (χ4n) is 3.25. The van der Waals surface area contributed by atoms with Crippen molar-refractivity contribution in [2.75, 3.05) is 6.54 Å². The van der Waals surface area contributed by atoms with Crippen LogP contribution in [0.3, 0.4) is 0 Å². The topological polar surface area (TPSA) is 75.0 Å². The smallest absolute Gasteiger partial charge is 0.221 e. The second-order valence-corrected chi connectivity index (χ2v) is 6.59. The van der Waals surface area contributed by atoms with E-state index in [1.165, 1.54) is 5.56 Å². The fourth-order valence-corrected chi connectivity index (χ4v) is 3.25. The molecule has 1 aromatic carbocycles. The van der Waals surface area contributed by atoms with Gasteiger partial charge >= 0.3 is 0 Å². The quantitative estimate of drug-likeness (QED) is 0.910. The number of nitrogens with one attached hydrogen (secondary N) is 1. The molecule has 1 aromatic heterocycles. The van der Waals surface area contributed by atoms with E-state index in [1.807, 2.05) is 6.20 Å². The maximum atomic E-state index is 11.5. The van der Waals surface area contributed by atoms with E-state index in [2.05, 4.69) is 53.2 Å². The summed E-state index contributed by atoms with van der Waals surface area (Å²) in [4.78, 5) is 13.8. The van der Waals surface area contributed by atoms with Gasteiger partial charge in [-0.1, -0.05) is 29.8 Å². The van der Waals surface area contributed by atoms with Gasteiger partial charge in [-0.2, -0.15) is 5.10 Å². The number of piperidine rings is 1. The molecule has 5 heteroatoms. The maximum Gasteiger partial charge on any atom is 0.221 e. The molecule has 2 unspecified atom stereocenters. The molecule has 2 atom stereocenters. The molecule has 2 aromatic rings. The minimum Gasteiger partial charge on any atom is -0.369 e. The van der Waals surface area contributed by atoms with Gasteiger partial charge in [-0.3, -0.25) is 14.8 Å². The second kappa shape index (κ2) is 6.54. The Hall–Kier alpha value is -2.14. The zero-order valence-corrected chi connectivity index (χ0v) is 13.7. The van der Waals surface area contributed by atoms with Crippen molar-refractivity contribution in [3.63, 3.8) is 0 Å². The lowest BCUT2D eigenvalue weighted by Gasteiger charge is -2.36. The average molecular weight is 312 g/mol. The van der Waals surface area contributed by atoms with Crippen LogP contribution in [-0.2, 0) is 11.3 Å². The number of benzene rings is 1. The average Bonchev–Trinajstić information content (AvgIpc) is 2.98. The molecule has 122 valence electrons. The lowest BCUT2D eigenvalue weighted by Crippen LogP contribution is -2.45. The summed E-state index contributed by atoms with van der Waals surface area (Å²) in [6, 6.07) is 8.88. The lowest BCUT2D eigenvalue weighted by atomic mass is 9.92. The van der Waals surface area contributed by atoms with Crippen LogP contribution in [-0.4, -0.2) is 33.6 Å². The Morgan fingerprint density at radius 3 is 2.78 bits per heavy atom. The normalized spacial score (nSPS) is 22.2. The van der Waals surface area contributed by atoms with E-state index in [9.17, 15) is 4.79 Å². The van der Waals surface area contributed by atoms with Gasteiger partial charge in [0.15, 0.2) is 0 Å². The largest absolute Gasteiger partial charge is 0.369 e. The van der Waals surface area contributed by atoms with E-state index in [-0.39, 0.29) is 11.8 Å². The summed E-state index contributed by atoms with van der Waals surface area (Å²) >= 11 is 0. The molecule has 2 heterocycles. The number of carbonyl (C=O) groups excluding carboxylic acids is 1. The first-order valence-electron chi connectivity index (χ1n) is 8.17. The van der Waals surface area contributed by atoms with Crippen LogP contribution in [0.4, 0.5) is 0 Å². The monoisotopic (exact) mass is 312 g/mol. The van der Waals surface area contributed by atoms with E-state index in [0.29, 0.717) is 6.04 Å². The van der Waals surface area contributed by atoms with Crippen molar-refractivity contribution in [3.8, 4) is 11.3 Å². The van der Waals surface area contributed by atoms with E-state index < -0.39 is 0 Å². The van der Waals surface area contributed by atoms with Gasteiger partial charge in [0, 0.05) is 24.7 Å². The SMILES string of the molecule is Cc1ccc(-c2[nH]ncc2CN2CC(C(N)=O)CCC2C)cc1. The molecule has 1 amide bonds. The Kier molecular flexibility index (Phi) is 4.48. The van der Waals surface area contributed by atoms with Crippen molar-refractivity contribution in [1.29, 1.82) is 0 Å². The van der Waals surface area contributed by atoms with Crippen LogP contribution in [0.2, 0.25) is 0 Å². The Labute approximate surface area is 136 Å². The van der Waals surface area contributed by atoms with Crippen molar-refractivity contribution in [2.24, 2.45) is 11.7 Å². The van der Waals surface area contributed by atoms with E-state index in [0.717, 1.165) is 42.8 Å². The number of amides is 1. The number of nitrogens with zero attached hydrogens (tertiary/aromatic N) is 2. The molecule has 0 aliphatic carbocycles.